The number of carbonyl (C=O) groups excluding carboxylic acids is 3. The smallest absolute Gasteiger partial charge is 0.247 e. The Bertz CT molecular complexity index is 1230. The van der Waals surface area contributed by atoms with Gasteiger partial charge in [0, 0.05) is 37.5 Å². The van der Waals surface area contributed by atoms with Crippen molar-refractivity contribution in [3.63, 3.8) is 0 Å². The van der Waals surface area contributed by atoms with Gasteiger partial charge in [0.25, 0.3) is 0 Å². The van der Waals surface area contributed by atoms with Crippen molar-refractivity contribution in [3.8, 4) is 0 Å². The molecule has 1 aliphatic heterocycles. The van der Waals surface area contributed by atoms with Crippen LogP contribution in [-0.2, 0) is 20.8 Å². The lowest BCUT2D eigenvalue weighted by atomic mass is 9.83. The summed E-state index contributed by atoms with van der Waals surface area (Å²) in [5, 5.41) is 10.1. The summed E-state index contributed by atoms with van der Waals surface area (Å²) in [6.45, 7) is 13.1. The molecular weight excluding hydrogens is 546 g/mol. The summed E-state index contributed by atoms with van der Waals surface area (Å²) >= 11 is 1.57. The van der Waals surface area contributed by atoms with E-state index in [-0.39, 0.29) is 29.7 Å². The van der Waals surface area contributed by atoms with E-state index in [1.54, 1.807) is 18.3 Å². The minimum atomic E-state index is -0.738. The summed E-state index contributed by atoms with van der Waals surface area (Å²) in [5.41, 5.74) is 2.73. The lowest BCUT2D eigenvalue weighted by Crippen LogP contribution is -2.55. The number of nitrogens with zero attached hydrogens (tertiary/aromatic N) is 2. The van der Waals surface area contributed by atoms with E-state index in [4.69, 9.17) is 4.98 Å². The van der Waals surface area contributed by atoms with Crippen LogP contribution in [0.2, 0.25) is 0 Å². The van der Waals surface area contributed by atoms with Gasteiger partial charge in [-0.1, -0.05) is 59.1 Å². The summed E-state index contributed by atoms with van der Waals surface area (Å²) in [4.78, 5) is 46.3. The highest BCUT2D eigenvalue weighted by molar-refractivity contribution is 7.18. The van der Waals surface area contributed by atoms with E-state index in [0.29, 0.717) is 37.4 Å². The Morgan fingerprint density at radius 2 is 1.76 bits per heavy atom. The summed E-state index contributed by atoms with van der Waals surface area (Å²) in [6.07, 6.45) is 9.64. The lowest BCUT2D eigenvalue weighted by molar-refractivity contribution is -0.129. The van der Waals surface area contributed by atoms with Crippen LogP contribution in [0, 0.1) is 5.92 Å². The molecule has 42 heavy (non-hydrogen) atoms. The molecule has 1 aromatic heterocycles. The number of thiazole rings is 1. The molecule has 0 radical (unpaired) electrons. The van der Waals surface area contributed by atoms with Crippen LogP contribution in [-0.4, -0.2) is 65.9 Å². The third-order valence-electron chi connectivity index (χ3n) is 8.69. The van der Waals surface area contributed by atoms with Crippen molar-refractivity contribution in [1.82, 2.24) is 25.8 Å². The van der Waals surface area contributed by atoms with Gasteiger partial charge in [0.15, 0.2) is 0 Å². The fourth-order valence-corrected chi connectivity index (χ4v) is 7.12. The zero-order chi connectivity index (χ0) is 30.1. The van der Waals surface area contributed by atoms with E-state index < -0.39 is 6.04 Å². The fourth-order valence-electron chi connectivity index (χ4n) is 6.06. The van der Waals surface area contributed by atoms with Gasteiger partial charge in [-0.2, -0.15) is 0 Å². The first-order valence-electron chi connectivity index (χ1n) is 15.9. The first kappa shape index (κ1) is 32.1. The van der Waals surface area contributed by atoms with E-state index in [1.807, 2.05) is 6.07 Å². The first-order chi connectivity index (χ1) is 20.2. The molecule has 2 unspecified atom stereocenters. The molecule has 0 bridgehead atoms. The number of carbonyl (C=O) groups is 3. The van der Waals surface area contributed by atoms with Gasteiger partial charge < -0.3 is 16.0 Å². The molecule has 3 N–H and O–H groups in total. The monoisotopic (exact) mass is 595 g/mol. The molecule has 9 heteroatoms. The van der Waals surface area contributed by atoms with Gasteiger partial charge >= 0.3 is 0 Å². The lowest BCUT2D eigenvalue weighted by Gasteiger charge is -2.32. The van der Waals surface area contributed by atoms with Gasteiger partial charge in [-0.15, -0.1) is 11.3 Å². The number of amides is 3. The van der Waals surface area contributed by atoms with Crippen LogP contribution in [0.15, 0.2) is 30.4 Å². The molecule has 8 nitrogen and oxygen atoms in total. The van der Waals surface area contributed by atoms with Crippen molar-refractivity contribution in [2.75, 3.05) is 26.2 Å². The van der Waals surface area contributed by atoms with Crippen LogP contribution in [0.25, 0.3) is 10.2 Å². The molecule has 2 aromatic rings. The molecule has 0 spiro atoms. The topological polar surface area (TPSA) is 103 Å². The van der Waals surface area contributed by atoms with Crippen LogP contribution in [0.1, 0.15) is 95.0 Å². The molecule has 2 atom stereocenters. The number of piperidine rings is 1. The predicted octanol–water partition coefficient (Wildman–Crippen LogP) is 5.08. The van der Waals surface area contributed by atoms with E-state index in [1.165, 1.54) is 18.4 Å². The van der Waals surface area contributed by atoms with Crippen LogP contribution < -0.4 is 16.0 Å². The third kappa shape index (κ3) is 9.11. The number of likely N-dealkylation sites (tertiary alicyclic amines) is 1. The average molecular weight is 596 g/mol. The first-order valence-corrected chi connectivity index (χ1v) is 16.7. The summed E-state index contributed by atoms with van der Waals surface area (Å²) in [6, 6.07) is 5.35. The minimum Gasteiger partial charge on any atom is -0.350 e. The Balaban J connectivity index is 1.44. The van der Waals surface area contributed by atoms with Crippen molar-refractivity contribution >= 4 is 39.3 Å². The number of hydrogen-bond acceptors (Lipinski definition) is 6. The maximum Gasteiger partial charge on any atom is 0.247 e. The molecule has 2 heterocycles. The number of nitrogens with one attached hydrogen (secondary N) is 3. The summed E-state index contributed by atoms with van der Waals surface area (Å²) in [7, 11) is 0. The normalized spacial score (nSPS) is 18.0. The second kappa shape index (κ2) is 15.6. The highest BCUT2D eigenvalue weighted by Gasteiger charge is 2.30. The average Bonchev–Trinajstić information content (AvgIpc) is 3.41. The van der Waals surface area contributed by atoms with E-state index in [2.05, 4.69) is 53.4 Å². The van der Waals surface area contributed by atoms with Crippen LogP contribution in [0.4, 0.5) is 0 Å². The maximum atomic E-state index is 13.8. The molecule has 1 aromatic carbocycles. The molecule has 4 rings (SSSR count). The molecule has 1 saturated carbocycles. The van der Waals surface area contributed by atoms with Gasteiger partial charge in [0.1, 0.15) is 6.04 Å². The van der Waals surface area contributed by atoms with Crippen molar-refractivity contribution in [2.45, 2.75) is 103 Å². The molecule has 1 aliphatic carbocycles. The second-order valence-electron chi connectivity index (χ2n) is 12.3. The number of rotatable bonds is 13. The Labute approximate surface area is 255 Å². The zero-order valence-corrected chi connectivity index (χ0v) is 26.5. The van der Waals surface area contributed by atoms with Crippen molar-refractivity contribution in [3.05, 3.63) is 40.9 Å². The molecule has 230 valence electrons. The minimum absolute atomic E-state index is 0.151. The van der Waals surface area contributed by atoms with Crippen molar-refractivity contribution < 1.29 is 14.4 Å². The second-order valence-corrected chi connectivity index (χ2v) is 13.4. The van der Waals surface area contributed by atoms with Gasteiger partial charge in [0.05, 0.1) is 15.2 Å². The van der Waals surface area contributed by atoms with Gasteiger partial charge in [0.2, 0.25) is 17.7 Å². The SMILES string of the molecule is C=C(CN1CCCCC1)C(=O)NCC(NC(=O)C(Cc1nc2ccc(C(C)C)cc2s1)NC(=O)CC)C1CCCCC1. The van der Waals surface area contributed by atoms with Crippen molar-refractivity contribution in [2.24, 2.45) is 5.92 Å². The fraction of sp³-hybridized carbons (Fsp3) is 0.636. The van der Waals surface area contributed by atoms with Crippen molar-refractivity contribution in [1.29, 1.82) is 0 Å². The molecular formula is C33H49N5O3S. The van der Waals surface area contributed by atoms with E-state index in [9.17, 15) is 14.4 Å². The van der Waals surface area contributed by atoms with Crippen LogP contribution >= 0.6 is 11.3 Å². The number of benzene rings is 1. The Morgan fingerprint density at radius 1 is 1.05 bits per heavy atom. The number of aromatic nitrogens is 1. The number of hydrogen-bond donors (Lipinski definition) is 3. The highest BCUT2D eigenvalue weighted by Crippen LogP contribution is 2.28. The Hall–Kier alpha value is -2.78. The zero-order valence-electron chi connectivity index (χ0n) is 25.7. The predicted molar refractivity (Wildman–Crippen MR) is 171 cm³/mol. The third-order valence-corrected chi connectivity index (χ3v) is 9.73. The number of fused-ring (bicyclic) bond motifs is 1. The largest absolute Gasteiger partial charge is 0.350 e. The Morgan fingerprint density at radius 3 is 2.45 bits per heavy atom. The standard InChI is InChI=1S/C33H49N5O3S/c1-5-30(39)35-27(19-31-36-26-15-14-25(22(2)3)18-29(26)42-31)33(41)37-28(24-12-8-6-9-13-24)20-34-32(40)23(4)21-38-16-10-7-11-17-38/h14-15,18,22,24,27-28H,4-13,16-17,19-21H2,1-3H3,(H,34,40)(H,35,39)(H,37,41). The van der Waals surface area contributed by atoms with Crippen LogP contribution in [0.3, 0.4) is 0 Å². The van der Waals surface area contributed by atoms with E-state index in [0.717, 1.165) is 66.8 Å². The van der Waals surface area contributed by atoms with Crippen LogP contribution in [0.5, 0.6) is 0 Å². The molecule has 3 amide bonds. The maximum absolute atomic E-state index is 13.8. The van der Waals surface area contributed by atoms with Gasteiger partial charge in [-0.25, -0.2) is 4.98 Å². The highest BCUT2D eigenvalue weighted by atomic mass is 32.1. The summed E-state index contributed by atoms with van der Waals surface area (Å²) in [5.74, 6) is 0.145. The quantitative estimate of drug-likeness (QED) is 0.280. The molecule has 1 saturated heterocycles. The van der Waals surface area contributed by atoms with Gasteiger partial charge in [-0.05, 0) is 68.3 Å². The van der Waals surface area contributed by atoms with E-state index >= 15 is 0 Å². The summed E-state index contributed by atoms with van der Waals surface area (Å²) < 4.78 is 1.09. The molecule has 2 aliphatic rings. The Kier molecular flexibility index (Phi) is 12.0. The molecule has 2 fully saturated rings. The van der Waals surface area contributed by atoms with Gasteiger partial charge in [-0.3, -0.25) is 19.3 Å².